The Morgan fingerprint density at radius 1 is 1.22 bits per heavy atom. The van der Waals surface area contributed by atoms with Gasteiger partial charge < -0.3 is 9.84 Å². The molecule has 0 fully saturated rings. The quantitative estimate of drug-likeness (QED) is 0.831. The summed E-state index contributed by atoms with van der Waals surface area (Å²) in [6.07, 6.45) is 0.613. The van der Waals surface area contributed by atoms with E-state index in [1.807, 2.05) is 14.0 Å². The van der Waals surface area contributed by atoms with E-state index in [9.17, 15) is 9.59 Å². The Morgan fingerprint density at radius 2 is 1.83 bits per heavy atom. The molecule has 1 aromatic heterocycles. The van der Waals surface area contributed by atoms with E-state index in [1.165, 1.54) is 0 Å². The van der Waals surface area contributed by atoms with Gasteiger partial charge in [-0.3, -0.25) is 14.5 Å². The van der Waals surface area contributed by atoms with Crippen LogP contribution < -0.4 is 5.32 Å². The van der Waals surface area contributed by atoms with Gasteiger partial charge in [-0.05, 0) is 26.1 Å². The van der Waals surface area contributed by atoms with Crippen molar-refractivity contribution in [3.05, 3.63) is 47.1 Å². The first-order chi connectivity index (χ1) is 10.6. The van der Waals surface area contributed by atoms with Crippen LogP contribution in [0, 0.1) is 0 Å². The summed E-state index contributed by atoms with van der Waals surface area (Å²) in [5.74, 6) is 0.147. The first-order valence-corrected chi connectivity index (χ1v) is 7.04. The number of hydrogen-bond acceptors (Lipinski definition) is 6. The van der Waals surface area contributed by atoms with Crippen LogP contribution in [0.25, 0.3) is 0 Å². The minimum atomic E-state index is -0.330. The maximum atomic E-state index is 12.2. The molecule has 7 nitrogen and oxygen atoms in total. The number of amides is 2. The predicted molar refractivity (Wildman–Crippen MR) is 84.4 cm³/mol. The number of benzene rings is 1. The lowest BCUT2D eigenvalue weighted by atomic mass is 10.1. The van der Waals surface area contributed by atoms with Crippen molar-refractivity contribution in [2.24, 2.45) is 0 Å². The maximum Gasteiger partial charge on any atom is 0.262 e. The molecule has 0 bridgehead atoms. The maximum absolute atomic E-state index is 12.2. The molecule has 1 unspecified atom stereocenters. The zero-order valence-corrected chi connectivity index (χ0v) is 13.6. The molecule has 0 saturated heterocycles. The summed E-state index contributed by atoms with van der Waals surface area (Å²) in [6, 6.07) is 6.96. The van der Waals surface area contributed by atoms with Crippen molar-refractivity contribution in [2.75, 3.05) is 7.05 Å². The second-order valence-electron chi connectivity index (χ2n) is 5.24. The van der Waals surface area contributed by atoms with Gasteiger partial charge in [-0.25, -0.2) is 0 Å². The van der Waals surface area contributed by atoms with Crippen LogP contribution in [0.1, 0.15) is 39.4 Å². The lowest BCUT2D eigenvalue weighted by Gasteiger charge is -2.10. The number of nitrogens with zero attached hydrogens (tertiary/aromatic N) is 3. The summed E-state index contributed by atoms with van der Waals surface area (Å²) in [5, 5.41) is 6.95. The van der Waals surface area contributed by atoms with Crippen molar-refractivity contribution >= 4 is 24.2 Å². The van der Waals surface area contributed by atoms with E-state index in [0.29, 0.717) is 23.4 Å². The van der Waals surface area contributed by atoms with Gasteiger partial charge in [0.1, 0.15) is 6.54 Å². The smallest absolute Gasteiger partial charge is 0.262 e. The minimum absolute atomic E-state index is 0. The number of nitrogens with one attached hydrogen (secondary N) is 1. The lowest BCUT2D eigenvalue weighted by Crippen LogP contribution is -2.29. The SMILES string of the molecule is CNC(C)Cc1noc(CN2C(=O)c3ccccc3C2=O)n1.Cl. The molecule has 2 heterocycles. The summed E-state index contributed by atoms with van der Waals surface area (Å²) >= 11 is 0. The zero-order chi connectivity index (χ0) is 15.7. The van der Waals surface area contributed by atoms with E-state index in [0.717, 1.165) is 4.90 Å². The van der Waals surface area contributed by atoms with Gasteiger partial charge in [-0.15, -0.1) is 12.4 Å². The van der Waals surface area contributed by atoms with E-state index >= 15 is 0 Å². The van der Waals surface area contributed by atoms with Gasteiger partial charge in [0.2, 0.25) is 5.89 Å². The zero-order valence-electron chi connectivity index (χ0n) is 12.8. The van der Waals surface area contributed by atoms with Crippen LogP contribution in [0.4, 0.5) is 0 Å². The molecule has 1 aromatic carbocycles. The number of hydrogen-bond donors (Lipinski definition) is 1. The fourth-order valence-corrected chi connectivity index (χ4v) is 2.33. The third-order valence-corrected chi connectivity index (χ3v) is 3.66. The first kappa shape index (κ1) is 17.1. The highest BCUT2D eigenvalue weighted by Gasteiger charge is 2.36. The molecule has 8 heteroatoms. The molecule has 1 aliphatic heterocycles. The fourth-order valence-electron chi connectivity index (χ4n) is 2.33. The van der Waals surface area contributed by atoms with Crippen LogP contribution in [-0.2, 0) is 13.0 Å². The Morgan fingerprint density at radius 3 is 2.39 bits per heavy atom. The van der Waals surface area contributed by atoms with Gasteiger partial charge in [-0.2, -0.15) is 4.98 Å². The standard InChI is InChI=1S/C15H16N4O3.ClH/c1-9(16-2)7-12-17-13(22-18-12)8-19-14(20)10-5-3-4-6-11(10)15(19)21;/h3-6,9,16H,7-8H2,1-2H3;1H. The third-order valence-electron chi connectivity index (χ3n) is 3.66. The third kappa shape index (κ3) is 3.25. The summed E-state index contributed by atoms with van der Waals surface area (Å²) in [7, 11) is 1.85. The average molecular weight is 337 g/mol. The molecule has 0 spiro atoms. The highest BCUT2D eigenvalue weighted by Crippen LogP contribution is 2.23. The van der Waals surface area contributed by atoms with Gasteiger partial charge in [-0.1, -0.05) is 17.3 Å². The van der Waals surface area contributed by atoms with Gasteiger partial charge >= 0.3 is 0 Å². The van der Waals surface area contributed by atoms with Crippen molar-refractivity contribution in [2.45, 2.75) is 25.9 Å². The molecule has 0 saturated carbocycles. The molecule has 1 atom stereocenters. The van der Waals surface area contributed by atoms with Crippen LogP contribution in [0.3, 0.4) is 0 Å². The van der Waals surface area contributed by atoms with E-state index in [1.54, 1.807) is 24.3 Å². The lowest BCUT2D eigenvalue weighted by molar-refractivity contribution is 0.0625. The molecular formula is C15H17ClN4O3. The molecule has 122 valence electrons. The summed E-state index contributed by atoms with van der Waals surface area (Å²) < 4.78 is 5.13. The molecular weight excluding hydrogens is 320 g/mol. The van der Waals surface area contributed by atoms with E-state index in [4.69, 9.17) is 4.52 Å². The Kier molecular flexibility index (Phi) is 5.12. The number of carbonyl (C=O) groups excluding carboxylic acids is 2. The summed E-state index contributed by atoms with van der Waals surface area (Å²) in [4.78, 5) is 29.9. The monoisotopic (exact) mass is 336 g/mol. The molecule has 0 aliphatic carbocycles. The molecule has 2 amide bonds. The number of rotatable bonds is 5. The second kappa shape index (κ2) is 6.89. The van der Waals surface area contributed by atoms with Gasteiger partial charge in [0.15, 0.2) is 5.82 Å². The number of carbonyl (C=O) groups is 2. The number of imide groups is 1. The van der Waals surface area contributed by atoms with E-state index in [2.05, 4.69) is 15.5 Å². The van der Waals surface area contributed by atoms with E-state index < -0.39 is 0 Å². The summed E-state index contributed by atoms with van der Waals surface area (Å²) in [5.41, 5.74) is 0.826. The molecule has 3 rings (SSSR count). The average Bonchev–Trinajstić information content (AvgIpc) is 3.06. The molecule has 0 radical (unpaired) electrons. The first-order valence-electron chi connectivity index (χ1n) is 7.04. The number of halogens is 1. The van der Waals surface area contributed by atoms with Gasteiger partial charge in [0, 0.05) is 12.5 Å². The Balaban J connectivity index is 0.00000192. The fraction of sp³-hybridized carbons (Fsp3) is 0.333. The van der Waals surface area contributed by atoms with Crippen molar-refractivity contribution in [3.8, 4) is 0 Å². The molecule has 1 N–H and O–H groups in total. The van der Waals surface area contributed by atoms with Crippen LogP contribution in [0.15, 0.2) is 28.8 Å². The Bertz CT molecular complexity index is 696. The van der Waals surface area contributed by atoms with Crippen molar-refractivity contribution in [1.29, 1.82) is 0 Å². The van der Waals surface area contributed by atoms with Crippen molar-refractivity contribution in [1.82, 2.24) is 20.4 Å². The van der Waals surface area contributed by atoms with Crippen LogP contribution in [-0.4, -0.2) is 39.9 Å². The number of aromatic nitrogens is 2. The van der Waals surface area contributed by atoms with Gasteiger partial charge in [0.05, 0.1) is 11.1 Å². The number of likely N-dealkylation sites (N-methyl/N-ethyl adjacent to an activating group) is 1. The highest BCUT2D eigenvalue weighted by atomic mass is 35.5. The minimum Gasteiger partial charge on any atom is -0.337 e. The van der Waals surface area contributed by atoms with Gasteiger partial charge in [0.25, 0.3) is 11.8 Å². The van der Waals surface area contributed by atoms with E-state index in [-0.39, 0.29) is 42.7 Å². The molecule has 2 aromatic rings. The molecule has 1 aliphatic rings. The molecule has 23 heavy (non-hydrogen) atoms. The Labute approximate surface area is 139 Å². The van der Waals surface area contributed by atoms with Crippen LogP contribution >= 0.6 is 12.4 Å². The largest absolute Gasteiger partial charge is 0.337 e. The summed E-state index contributed by atoms with van der Waals surface area (Å²) in [6.45, 7) is 1.99. The van der Waals surface area contributed by atoms with Crippen molar-refractivity contribution < 1.29 is 14.1 Å². The van der Waals surface area contributed by atoms with Crippen LogP contribution in [0.5, 0.6) is 0 Å². The number of fused-ring (bicyclic) bond motifs is 1. The second-order valence-corrected chi connectivity index (χ2v) is 5.24. The topological polar surface area (TPSA) is 88.3 Å². The highest BCUT2D eigenvalue weighted by molar-refractivity contribution is 6.21. The normalized spacial score (nSPS) is 14.6. The van der Waals surface area contributed by atoms with Crippen LogP contribution in [0.2, 0.25) is 0 Å². The Hall–Kier alpha value is -2.25. The predicted octanol–water partition coefficient (Wildman–Crippen LogP) is 1.44. The van der Waals surface area contributed by atoms with Crippen molar-refractivity contribution in [3.63, 3.8) is 0 Å².